The van der Waals surface area contributed by atoms with Crippen molar-refractivity contribution >= 4 is 42.6 Å². The maximum atomic E-state index is 8.74. The number of nitrogens with zero attached hydrogens (tertiary/aromatic N) is 1. The number of para-hydroxylation sites is 2. The molecule has 9 nitrogen and oxygen atoms in total. The van der Waals surface area contributed by atoms with Gasteiger partial charge in [0.05, 0.1) is 11.0 Å². The fourth-order valence-electron chi connectivity index (χ4n) is 1.95. The molecule has 4 N–H and O–H groups in total. The molecule has 3 aromatic rings. The van der Waals surface area contributed by atoms with Crippen LogP contribution in [0.15, 0.2) is 48.5 Å². The molecule has 0 bridgehead atoms. The summed E-state index contributed by atoms with van der Waals surface area (Å²) in [6.07, 6.45) is 0. The van der Waals surface area contributed by atoms with Crippen LogP contribution in [0.3, 0.4) is 0 Å². The molecule has 136 valence electrons. The summed E-state index contributed by atoms with van der Waals surface area (Å²) in [6.45, 7) is 2.10. The Hall–Kier alpha value is -2.15. The van der Waals surface area contributed by atoms with Crippen molar-refractivity contribution in [1.82, 2.24) is 4.98 Å². The lowest BCUT2D eigenvalue weighted by atomic mass is 10.1. The first-order valence-corrected chi connectivity index (χ1v) is 9.29. The molecule has 1 heterocycles. The van der Waals surface area contributed by atoms with Crippen LogP contribution >= 0.6 is 0 Å². The summed E-state index contributed by atoms with van der Waals surface area (Å²) in [5.74, 6) is 0. The Bertz CT molecular complexity index is 1030. The first-order chi connectivity index (χ1) is 11.3. The monoisotopic (exact) mass is 389 g/mol. The van der Waals surface area contributed by atoms with Crippen LogP contribution in [-0.2, 0) is 20.8 Å². The van der Waals surface area contributed by atoms with E-state index in [0.29, 0.717) is 0 Å². The number of hydrogen-bond acceptors (Lipinski definition) is 5. The van der Waals surface area contributed by atoms with Crippen molar-refractivity contribution in [3.05, 3.63) is 54.1 Å². The van der Waals surface area contributed by atoms with Crippen LogP contribution in [0.1, 0.15) is 5.56 Å². The second-order valence-corrected chi connectivity index (χ2v) is 6.51. The number of rotatable bonds is 0. The van der Waals surface area contributed by atoms with Crippen molar-refractivity contribution in [2.75, 3.05) is 0 Å². The van der Waals surface area contributed by atoms with Gasteiger partial charge >= 0.3 is 20.8 Å². The second-order valence-electron chi connectivity index (χ2n) is 4.72. The Morgan fingerprint density at radius 3 is 1.80 bits per heavy atom. The normalized spacial score (nSPS) is 11.2. The van der Waals surface area contributed by atoms with Gasteiger partial charge in [-0.2, -0.15) is 16.8 Å². The lowest BCUT2D eigenvalue weighted by Gasteiger charge is -2.03. The van der Waals surface area contributed by atoms with Gasteiger partial charge in [-0.15, -0.1) is 0 Å². The SMILES string of the molecule is Cc1cccc2cc3ccccc3nc12.O=S(=O)(O)O.O=S(=O)(O)O. The van der Waals surface area contributed by atoms with E-state index in [0.717, 1.165) is 11.0 Å². The average molecular weight is 389 g/mol. The Morgan fingerprint density at radius 1 is 0.760 bits per heavy atom. The molecule has 0 aliphatic carbocycles. The van der Waals surface area contributed by atoms with Crippen LogP contribution in [0.5, 0.6) is 0 Å². The van der Waals surface area contributed by atoms with Gasteiger partial charge in [-0.1, -0.05) is 36.4 Å². The van der Waals surface area contributed by atoms with Gasteiger partial charge < -0.3 is 0 Å². The molecule has 0 aliphatic heterocycles. The van der Waals surface area contributed by atoms with Crippen molar-refractivity contribution in [1.29, 1.82) is 0 Å². The minimum absolute atomic E-state index is 1.07. The van der Waals surface area contributed by atoms with Gasteiger partial charge in [0.1, 0.15) is 0 Å². The number of aryl methyl sites for hydroxylation is 1. The zero-order valence-electron chi connectivity index (χ0n) is 12.8. The molecule has 0 radical (unpaired) electrons. The zero-order valence-corrected chi connectivity index (χ0v) is 14.4. The summed E-state index contributed by atoms with van der Waals surface area (Å²) in [5.41, 5.74) is 3.41. The third-order valence-electron chi connectivity index (χ3n) is 2.75. The minimum Gasteiger partial charge on any atom is -0.264 e. The number of aromatic nitrogens is 1. The number of benzene rings is 2. The molecule has 0 saturated carbocycles. The van der Waals surface area contributed by atoms with Gasteiger partial charge in [0.2, 0.25) is 0 Å². The van der Waals surface area contributed by atoms with Gasteiger partial charge in [0.25, 0.3) is 0 Å². The van der Waals surface area contributed by atoms with E-state index in [1.54, 1.807) is 0 Å². The fraction of sp³-hybridized carbons (Fsp3) is 0.0714. The number of fused-ring (bicyclic) bond motifs is 2. The van der Waals surface area contributed by atoms with Crippen molar-refractivity contribution < 1.29 is 35.0 Å². The predicted octanol–water partition coefficient (Wildman–Crippen LogP) is 2.39. The second kappa shape index (κ2) is 8.29. The number of hydrogen-bond donors (Lipinski definition) is 4. The smallest absolute Gasteiger partial charge is 0.264 e. The van der Waals surface area contributed by atoms with Crippen LogP contribution in [0.2, 0.25) is 0 Å². The molecule has 2 aromatic carbocycles. The Morgan fingerprint density at radius 2 is 1.24 bits per heavy atom. The molecule has 0 aliphatic rings. The van der Waals surface area contributed by atoms with Crippen LogP contribution in [-0.4, -0.2) is 40.0 Å². The van der Waals surface area contributed by atoms with E-state index in [-0.39, 0.29) is 0 Å². The van der Waals surface area contributed by atoms with Crippen LogP contribution in [0, 0.1) is 6.92 Å². The summed E-state index contributed by atoms with van der Waals surface area (Å²) < 4.78 is 63.2. The first kappa shape index (κ1) is 20.9. The highest BCUT2D eigenvalue weighted by molar-refractivity contribution is 7.80. The van der Waals surface area contributed by atoms with E-state index >= 15 is 0 Å². The molecule has 0 unspecified atom stereocenters. The van der Waals surface area contributed by atoms with Crippen molar-refractivity contribution in [3.8, 4) is 0 Å². The van der Waals surface area contributed by atoms with E-state index in [1.165, 1.54) is 16.3 Å². The van der Waals surface area contributed by atoms with E-state index in [2.05, 4.69) is 48.3 Å². The van der Waals surface area contributed by atoms with Crippen molar-refractivity contribution in [3.63, 3.8) is 0 Å². The maximum absolute atomic E-state index is 8.74. The molecule has 0 spiro atoms. The molecule has 1 aromatic heterocycles. The lowest BCUT2D eigenvalue weighted by molar-refractivity contribution is 0.378. The van der Waals surface area contributed by atoms with E-state index in [4.69, 9.17) is 35.0 Å². The van der Waals surface area contributed by atoms with E-state index < -0.39 is 20.8 Å². The average Bonchev–Trinajstić information content (AvgIpc) is 2.42. The molecule has 0 amide bonds. The van der Waals surface area contributed by atoms with Crippen LogP contribution < -0.4 is 0 Å². The molecule has 25 heavy (non-hydrogen) atoms. The standard InChI is InChI=1S/C14H11N.2H2O4S/c1-10-5-4-7-12-9-11-6-2-3-8-13(11)15-14(10)12;2*1-5(2,3)4/h2-9H,1H3;2*(H2,1,2,3,4). The fourth-order valence-corrected chi connectivity index (χ4v) is 1.95. The van der Waals surface area contributed by atoms with Crippen LogP contribution in [0.4, 0.5) is 0 Å². The largest absolute Gasteiger partial charge is 0.394 e. The maximum Gasteiger partial charge on any atom is 0.394 e. The summed E-state index contributed by atoms with van der Waals surface area (Å²) in [7, 11) is -9.33. The highest BCUT2D eigenvalue weighted by Gasteiger charge is 2.00. The molecular weight excluding hydrogens is 374 g/mol. The topological polar surface area (TPSA) is 162 Å². The molecule has 0 fully saturated rings. The molecule has 3 rings (SSSR count). The zero-order chi connectivity index (χ0) is 19.3. The van der Waals surface area contributed by atoms with Gasteiger partial charge in [0.15, 0.2) is 0 Å². The summed E-state index contributed by atoms with van der Waals surface area (Å²) in [5, 5.41) is 2.42. The van der Waals surface area contributed by atoms with Crippen LogP contribution in [0.25, 0.3) is 21.8 Å². The van der Waals surface area contributed by atoms with Gasteiger partial charge in [0, 0.05) is 10.8 Å². The number of pyridine rings is 1. The van der Waals surface area contributed by atoms with Gasteiger partial charge in [-0.25, -0.2) is 4.98 Å². The lowest BCUT2D eigenvalue weighted by Crippen LogP contribution is -1.89. The van der Waals surface area contributed by atoms with Gasteiger partial charge in [-0.3, -0.25) is 18.2 Å². The Kier molecular flexibility index (Phi) is 6.93. The predicted molar refractivity (Wildman–Crippen MR) is 92.3 cm³/mol. The summed E-state index contributed by atoms with van der Waals surface area (Å²) >= 11 is 0. The minimum atomic E-state index is -4.67. The molecular formula is C14H15NO8S2. The van der Waals surface area contributed by atoms with E-state index in [1.807, 2.05) is 12.1 Å². The Balaban J connectivity index is 0.000000262. The third-order valence-corrected chi connectivity index (χ3v) is 2.75. The highest BCUT2D eigenvalue weighted by atomic mass is 32.3. The first-order valence-electron chi connectivity index (χ1n) is 6.49. The summed E-state index contributed by atoms with van der Waals surface area (Å²) in [6, 6.07) is 16.7. The third kappa shape index (κ3) is 9.05. The molecule has 0 atom stereocenters. The van der Waals surface area contributed by atoms with Crippen molar-refractivity contribution in [2.45, 2.75) is 6.92 Å². The highest BCUT2D eigenvalue weighted by Crippen LogP contribution is 2.21. The molecule has 0 saturated heterocycles. The Labute approximate surface area is 144 Å². The summed E-state index contributed by atoms with van der Waals surface area (Å²) in [4.78, 5) is 4.68. The van der Waals surface area contributed by atoms with E-state index in [9.17, 15) is 0 Å². The van der Waals surface area contributed by atoms with Gasteiger partial charge in [-0.05, 0) is 24.6 Å². The quantitative estimate of drug-likeness (QED) is 0.334. The molecule has 11 heteroatoms. The van der Waals surface area contributed by atoms with Crippen molar-refractivity contribution in [2.24, 2.45) is 0 Å².